The van der Waals surface area contributed by atoms with Crippen LogP contribution in [0.25, 0.3) is 139 Å². The lowest BCUT2D eigenvalue weighted by atomic mass is 9.99. The first-order valence-electron chi connectivity index (χ1n) is 25.4. The molecule has 361 valence electrons. The number of fused-ring (bicyclic) bond motifs is 9. The monoisotopic (exact) mass is 1050 g/mol. The topological polar surface area (TPSA) is 57.0 Å². The molecule has 0 bridgehead atoms. The SMILES string of the molecule is Brc1ccc(-c2cccc3oc4ccccc4c23)cc1.[B].c1ccc(-c2cc(-c3ccccc3)nc(-c3ccc(-c4ccc5c(c4)c4ccccc4n5-c4ccc(-c5cccc6oc7ccccc7c56)cc4)cc3)n2)cc1. The molecule has 77 heavy (non-hydrogen) atoms. The molecule has 0 saturated carbocycles. The van der Waals surface area contributed by atoms with E-state index < -0.39 is 0 Å². The summed E-state index contributed by atoms with van der Waals surface area (Å²) in [5.41, 5.74) is 19.1. The van der Waals surface area contributed by atoms with Gasteiger partial charge in [-0.25, -0.2) is 9.97 Å². The van der Waals surface area contributed by atoms with Gasteiger partial charge >= 0.3 is 0 Å². The molecule has 15 aromatic rings. The Labute approximate surface area is 455 Å². The van der Waals surface area contributed by atoms with E-state index in [0.717, 1.165) is 88.0 Å². The number of para-hydroxylation sites is 3. The fourth-order valence-electron chi connectivity index (χ4n) is 10.8. The van der Waals surface area contributed by atoms with Gasteiger partial charge in [0.05, 0.1) is 22.4 Å². The van der Waals surface area contributed by atoms with E-state index in [0.29, 0.717) is 5.82 Å². The predicted molar refractivity (Wildman–Crippen MR) is 323 cm³/mol. The number of furan rings is 2. The maximum atomic E-state index is 6.19. The number of halogens is 1. The molecule has 0 unspecified atom stereocenters. The number of hydrogen-bond acceptors (Lipinski definition) is 4. The molecular formula is C70H44BBrN3O2. The second-order valence-corrected chi connectivity index (χ2v) is 19.9. The van der Waals surface area contributed by atoms with E-state index in [1.165, 1.54) is 49.3 Å². The Morgan fingerprint density at radius 3 is 1.32 bits per heavy atom. The number of nitrogens with zero attached hydrogens (tertiary/aromatic N) is 3. The third kappa shape index (κ3) is 8.67. The van der Waals surface area contributed by atoms with Gasteiger partial charge in [-0.1, -0.05) is 210 Å². The second-order valence-electron chi connectivity index (χ2n) is 19.0. The van der Waals surface area contributed by atoms with E-state index in [-0.39, 0.29) is 8.41 Å². The van der Waals surface area contributed by atoms with Crippen LogP contribution in [0.5, 0.6) is 0 Å². The van der Waals surface area contributed by atoms with Crippen molar-refractivity contribution in [2.75, 3.05) is 0 Å². The van der Waals surface area contributed by atoms with E-state index in [1.807, 2.05) is 72.8 Å². The molecule has 0 atom stereocenters. The van der Waals surface area contributed by atoms with Gasteiger partial charge in [0.1, 0.15) is 22.3 Å². The zero-order valence-corrected chi connectivity index (χ0v) is 43.1. The summed E-state index contributed by atoms with van der Waals surface area (Å²) in [7, 11) is 0. The first-order valence-corrected chi connectivity index (χ1v) is 26.2. The molecule has 7 heteroatoms. The van der Waals surface area contributed by atoms with Crippen LogP contribution in [0.15, 0.2) is 280 Å². The molecule has 0 fully saturated rings. The van der Waals surface area contributed by atoms with Crippen LogP contribution >= 0.6 is 15.9 Å². The van der Waals surface area contributed by atoms with Gasteiger partial charge in [-0.3, -0.25) is 0 Å². The highest BCUT2D eigenvalue weighted by Crippen LogP contribution is 2.40. The average Bonchev–Trinajstić information content (AvgIpc) is 4.28. The Bertz CT molecular complexity index is 4570. The number of benzene rings is 11. The zero-order valence-electron chi connectivity index (χ0n) is 41.5. The van der Waals surface area contributed by atoms with Crippen LogP contribution in [0.3, 0.4) is 0 Å². The van der Waals surface area contributed by atoms with Crippen LogP contribution in [0, 0.1) is 0 Å². The fourth-order valence-corrected chi connectivity index (χ4v) is 11.0. The van der Waals surface area contributed by atoms with Gasteiger partial charge in [-0.2, -0.15) is 0 Å². The average molecular weight is 1050 g/mol. The van der Waals surface area contributed by atoms with Gasteiger partial charge in [0.2, 0.25) is 0 Å². The Morgan fingerprint density at radius 2 is 0.753 bits per heavy atom. The first-order chi connectivity index (χ1) is 37.6. The highest BCUT2D eigenvalue weighted by Gasteiger charge is 2.17. The van der Waals surface area contributed by atoms with Crippen molar-refractivity contribution in [3.8, 4) is 73.0 Å². The van der Waals surface area contributed by atoms with Gasteiger partial charge in [-0.05, 0) is 106 Å². The van der Waals surface area contributed by atoms with E-state index >= 15 is 0 Å². The predicted octanol–water partition coefficient (Wildman–Crippen LogP) is 19.4. The minimum Gasteiger partial charge on any atom is -0.456 e. The Morgan fingerprint density at radius 1 is 0.312 bits per heavy atom. The lowest BCUT2D eigenvalue weighted by Gasteiger charge is -2.11. The van der Waals surface area contributed by atoms with Crippen LogP contribution in [0.2, 0.25) is 0 Å². The molecule has 0 aliphatic heterocycles. The highest BCUT2D eigenvalue weighted by molar-refractivity contribution is 9.10. The summed E-state index contributed by atoms with van der Waals surface area (Å²) in [6, 6.07) is 93.1. The van der Waals surface area contributed by atoms with Crippen molar-refractivity contribution in [3.63, 3.8) is 0 Å². The van der Waals surface area contributed by atoms with Crippen molar-refractivity contribution in [2.45, 2.75) is 0 Å². The fraction of sp³-hybridized carbons (Fsp3) is 0. The molecule has 0 spiro atoms. The molecule has 5 nitrogen and oxygen atoms in total. The van der Waals surface area contributed by atoms with Crippen molar-refractivity contribution in [3.05, 3.63) is 271 Å². The molecule has 4 heterocycles. The highest BCUT2D eigenvalue weighted by atomic mass is 79.9. The lowest BCUT2D eigenvalue weighted by Crippen LogP contribution is -1.96. The number of rotatable bonds is 7. The van der Waals surface area contributed by atoms with Gasteiger partial charge in [0.25, 0.3) is 0 Å². The lowest BCUT2D eigenvalue weighted by molar-refractivity contribution is 0.668. The van der Waals surface area contributed by atoms with Crippen molar-refractivity contribution in [2.24, 2.45) is 0 Å². The maximum Gasteiger partial charge on any atom is 0.160 e. The quantitative estimate of drug-likeness (QED) is 0.149. The number of aromatic nitrogens is 3. The zero-order chi connectivity index (χ0) is 50.5. The molecule has 15 rings (SSSR count). The number of hydrogen-bond donors (Lipinski definition) is 0. The minimum atomic E-state index is 0. The largest absolute Gasteiger partial charge is 0.456 e. The molecule has 0 N–H and O–H groups in total. The Kier molecular flexibility index (Phi) is 12.2. The second kappa shape index (κ2) is 19.9. The van der Waals surface area contributed by atoms with Gasteiger partial charge in [0, 0.05) is 67.6 Å². The standard InChI is InChI=1S/C52H33N3O.C18H11BrO.B/c1-3-12-36(13-4-1)45-33-46(37-14-5-2-6-15-37)54-52(53-45)38-24-22-34(23-25-38)39-28-31-48-44(32-39)42-16-7-9-19-47(42)55(48)40-29-26-35(27-30-40)41-18-11-21-50-51(41)43-17-8-10-20-49(43)56-50;19-13-10-8-12(9-11-13)14-5-3-7-17-18(14)15-4-1-2-6-16(15)20-17;/h1-33H;1-11H;. The van der Waals surface area contributed by atoms with Crippen molar-refractivity contribution in [1.82, 2.24) is 14.5 Å². The summed E-state index contributed by atoms with van der Waals surface area (Å²) in [5, 5.41) is 7.08. The normalized spacial score (nSPS) is 11.3. The van der Waals surface area contributed by atoms with Gasteiger partial charge < -0.3 is 13.4 Å². The maximum absolute atomic E-state index is 6.19. The summed E-state index contributed by atoms with van der Waals surface area (Å²) in [5.74, 6) is 0.705. The van der Waals surface area contributed by atoms with Crippen LogP contribution in [-0.4, -0.2) is 22.9 Å². The molecule has 0 aliphatic carbocycles. The third-order valence-corrected chi connectivity index (χ3v) is 14.9. The molecular weight excluding hydrogens is 1010 g/mol. The van der Waals surface area contributed by atoms with Gasteiger partial charge in [-0.15, -0.1) is 0 Å². The summed E-state index contributed by atoms with van der Waals surface area (Å²) in [6.07, 6.45) is 0. The summed E-state index contributed by atoms with van der Waals surface area (Å²) in [6.45, 7) is 0. The van der Waals surface area contributed by atoms with Crippen LogP contribution in [-0.2, 0) is 0 Å². The van der Waals surface area contributed by atoms with E-state index in [2.05, 4.69) is 215 Å². The first kappa shape index (κ1) is 47.2. The molecule has 11 aromatic carbocycles. The van der Waals surface area contributed by atoms with Crippen LogP contribution in [0.1, 0.15) is 0 Å². The minimum absolute atomic E-state index is 0. The Hall–Kier alpha value is -9.56. The summed E-state index contributed by atoms with van der Waals surface area (Å²) in [4.78, 5) is 10.1. The molecule has 4 aromatic heterocycles. The van der Waals surface area contributed by atoms with Crippen LogP contribution < -0.4 is 0 Å². The summed E-state index contributed by atoms with van der Waals surface area (Å²) >= 11 is 3.48. The third-order valence-electron chi connectivity index (χ3n) is 14.4. The molecule has 0 saturated heterocycles. The van der Waals surface area contributed by atoms with Gasteiger partial charge in [0.15, 0.2) is 5.82 Å². The van der Waals surface area contributed by atoms with E-state index in [9.17, 15) is 0 Å². The van der Waals surface area contributed by atoms with Crippen molar-refractivity contribution in [1.29, 1.82) is 0 Å². The van der Waals surface area contributed by atoms with Crippen LogP contribution in [0.4, 0.5) is 0 Å². The molecule has 0 amide bonds. The van der Waals surface area contributed by atoms with E-state index in [1.54, 1.807) is 0 Å². The Balaban J connectivity index is 0.000000225. The van der Waals surface area contributed by atoms with E-state index in [4.69, 9.17) is 18.8 Å². The molecule has 0 aliphatic rings. The smallest absolute Gasteiger partial charge is 0.160 e. The molecule has 3 radical (unpaired) electrons. The van der Waals surface area contributed by atoms with Crippen molar-refractivity contribution < 1.29 is 8.83 Å². The van der Waals surface area contributed by atoms with Crippen molar-refractivity contribution >= 4 is 90.0 Å². The summed E-state index contributed by atoms with van der Waals surface area (Å²) < 4.78 is 15.6.